The second-order valence-corrected chi connectivity index (χ2v) is 7.32. The molecule has 2 fully saturated rings. The Morgan fingerprint density at radius 3 is 2.44 bits per heavy atom. The van der Waals surface area contributed by atoms with Gasteiger partial charge >= 0.3 is 0 Å². The molecule has 0 radical (unpaired) electrons. The van der Waals surface area contributed by atoms with Crippen LogP contribution < -0.4 is 5.32 Å². The number of hydrogen-bond donors (Lipinski definition) is 2. The van der Waals surface area contributed by atoms with Crippen molar-refractivity contribution in [2.45, 2.75) is 64.5 Å². The Morgan fingerprint density at radius 2 is 1.89 bits per heavy atom. The van der Waals surface area contributed by atoms with E-state index in [1.54, 1.807) is 0 Å². The molecule has 1 aliphatic carbocycles. The number of ether oxygens (including phenoxy) is 1. The molecule has 0 spiro atoms. The molecular weight excluding hydrogens is 226 g/mol. The number of rotatable bonds is 3. The van der Waals surface area contributed by atoms with Gasteiger partial charge in [-0.2, -0.15) is 0 Å². The average Bonchev–Trinajstić information content (AvgIpc) is 2.27. The summed E-state index contributed by atoms with van der Waals surface area (Å²) in [6.45, 7) is 8.96. The molecule has 0 amide bonds. The Kier molecular flexibility index (Phi) is 4.35. The lowest BCUT2D eigenvalue weighted by Crippen LogP contribution is -2.59. The second kappa shape index (κ2) is 5.48. The Balaban J connectivity index is 2.04. The highest BCUT2D eigenvalue weighted by Gasteiger charge is 2.43. The molecule has 2 atom stereocenters. The first-order valence-corrected chi connectivity index (χ1v) is 7.41. The topological polar surface area (TPSA) is 41.5 Å². The zero-order chi connectivity index (χ0) is 13.2. The van der Waals surface area contributed by atoms with Gasteiger partial charge in [-0.25, -0.2) is 0 Å². The number of nitrogens with one attached hydrogen (secondary N) is 1. The van der Waals surface area contributed by atoms with Crippen LogP contribution in [0.1, 0.15) is 52.9 Å². The summed E-state index contributed by atoms with van der Waals surface area (Å²) in [5, 5.41) is 13.7. The van der Waals surface area contributed by atoms with E-state index in [2.05, 4.69) is 26.1 Å². The fraction of sp³-hybridized carbons (Fsp3) is 1.00. The first kappa shape index (κ1) is 14.3. The fourth-order valence-electron chi connectivity index (χ4n) is 4.29. The summed E-state index contributed by atoms with van der Waals surface area (Å²) in [5.74, 6) is 0.688. The third kappa shape index (κ3) is 3.46. The standard InChI is InChI=1S/C15H29NO2/c1-12-8-14(2,3)10-15(9-12,11-17)16-13-4-6-18-7-5-13/h12-13,16-17H,4-11H2,1-3H3/t12-,15-/m0/s1. The first-order chi connectivity index (χ1) is 8.45. The zero-order valence-corrected chi connectivity index (χ0v) is 12.2. The molecular formula is C15H29NO2. The molecule has 106 valence electrons. The normalized spacial score (nSPS) is 37.7. The van der Waals surface area contributed by atoms with Gasteiger partial charge in [0.15, 0.2) is 0 Å². The van der Waals surface area contributed by atoms with Crippen LogP contribution in [0.3, 0.4) is 0 Å². The van der Waals surface area contributed by atoms with Crippen molar-refractivity contribution >= 4 is 0 Å². The van der Waals surface area contributed by atoms with Crippen LogP contribution in [-0.2, 0) is 4.74 Å². The summed E-state index contributed by atoms with van der Waals surface area (Å²) in [6, 6.07) is 0.520. The lowest BCUT2D eigenvalue weighted by molar-refractivity contribution is 0.00839. The maximum absolute atomic E-state index is 9.93. The molecule has 1 aliphatic heterocycles. The van der Waals surface area contributed by atoms with Crippen LogP contribution in [0.5, 0.6) is 0 Å². The van der Waals surface area contributed by atoms with Crippen molar-refractivity contribution in [2.24, 2.45) is 11.3 Å². The van der Waals surface area contributed by atoms with E-state index in [9.17, 15) is 5.11 Å². The summed E-state index contributed by atoms with van der Waals surface area (Å²) < 4.78 is 5.42. The molecule has 0 unspecified atom stereocenters. The van der Waals surface area contributed by atoms with E-state index in [1.165, 1.54) is 6.42 Å². The van der Waals surface area contributed by atoms with Gasteiger partial charge in [0.05, 0.1) is 6.61 Å². The molecule has 1 heterocycles. The summed E-state index contributed by atoms with van der Waals surface area (Å²) in [4.78, 5) is 0. The molecule has 1 saturated heterocycles. The SMILES string of the molecule is C[C@H]1CC(C)(C)C[C@@](CO)(NC2CCOCC2)C1. The monoisotopic (exact) mass is 255 g/mol. The lowest BCUT2D eigenvalue weighted by atomic mass is 9.64. The van der Waals surface area contributed by atoms with Crippen LogP contribution in [0.15, 0.2) is 0 Å². The minimum Gasteiger partial charge on any atom is -0.394 e. The Bertz CT molecular complexity index is 274. The van der Waals surface area contributed by atoms with Gasteiger partial charge in [0.25, 0.3) is 0 Å². The molecule has 2 N–H and O–H groups in total. The molecule has 1 saturated carbocycles. The van der Waals surface area contributed by atoms with Crippen molar-refractivity contribution in [3.8, 4) is 0 Å². The van der Waals surface area contributed by atoms with Crippen molar-refractivity contribution < 1.29 is 9.84 Å². The minimum atomic E-state index is -0.0663. The van der Waals surface area contributed by atoms with Gasteiger partial charge in [-0.15, -0.1) is 0 Å². The Labute approximate surface area is 111 Å². The molecule has 0 aromatic rings. The number of aliphatic hydroxyl groups is 1. The third-order valence-electron chi connectivity index (χ3n) is 4.49. The lowest BCUT2D eigenvalue weighted by Gasteiger charge is -2.49. The number of hydrogen-bond acceptors (Lipinski definition) is 3. The van der Waals surface area contributed by atoms with Crippen LogP contribution in [-0.4, -0.2) is 36.5 Å². The Hall–Kier alpha value is -0.120. The van der Waals surface area contributed by atoms with E-state index in [-0.39, 0.29) is 12.1 Å². The largest absolute Gasteiger partial charge is 0.394 e. The van der Waals surface area contributed by atoms with Crippen LogP contribution in [0.2, 0.25) is 0 Å². The van der Waals surface area contributed by atoms with Crippen molar-refractivity contribution in [3.05, 3.63) is 0 Å². The van der Waals surface area contributed by atoms with E-state index in [0.29, 0.717) is 17.4 Å². The van der Waals surface area contributed by atoms with Crippen molar-refractivity contribution in [1.29, 1.82) is 0 Å². The predicted octanol–water partition coefficient (Wildman–Crippen LogP) is 2.33. The zero-order valence-electron chi connectivity index (χ0n) is 12.2. The Morgan fingerprint density at radius 1 is 1.22 bits per heavy atom. The van der Waals surface area contributed by atoms with Crippen LogP contribution >= 0.6 is 0 Å². The van der Waals surface area contributed by atoms with Crippen LogP contribution in [0.25, 0.3) is 0 Å². The first-order valence-electron chi connectivity index (χ1n) is 7.41. The van der Waals surface area contributed by atoms with Gasteiger partial charge < -0.3 is 15.2 Å². The molecule has 0 aromatic carbocycles. The van der Waals surface area contributed by atoms with Crippen molar-refractivity contribution in [3.63, 3.8) is 0 Å². The van der Waals surface area contributed by atoms with Crippen molar-refractivity contribution in [2.75, 3.05) is 19.8 Å². The van der Waals surface area contributed by atoms with Gasteiger partial charge in [0.1, 0.15) is 0 Å². The highest BCUT2D eigenvalue weighted by atomic mass is 16.5. The molecule has 3 nitrogen and oxygen atoms in total. The summed E-state index contributed by atoms with van der Waals surface area (Å²) >= 11 is 0. The number of aliphatic hydroxyl groups excluding tert-OH is 1. The summed E-state index contributed by atoms with van der Waals surface area (Å²) in [7, 11) is 0. The average molecular weight is 255 g/mol. The van der Waals surface area contributed by atoms with E-state index in [1.807, 2.05) is 0 Å². The van der Waals surface area contributed by atoms with Gasteiger partial charge in [-0.05, 0) is 43.4 Å². The van der Waals surface area contributed by atoms with Gasteiger partial charge in [0.2, 0.25) is 0 Å². The minimum absolute atomic E-state index is 0.0663. The highest BCUT2D eigenvalue weighted by Crippen LogP contribution is 2.44. The molecule has 0 bridgehead atoms. The van der Waals surface area contributed by atoms with Crippen LogP contribution in [0, 0.1) is 11.3 Å². The third-order valence-corrected chi connectivity index (χ3v) is 4.49. The summed E-state index contributed by atoms with van der Waals surface area (Å²) in [5.41, 5.74) is 0.266. The smallest absolute Gasteiger partial charge is 0.0613 e. The van der Waals surface area contributed by atoms with E-state index >= 15 is 0 Å². The molecule has 18 heavy (non-hydrogen) atoms. The predicted molar refractivity (Wildman–Crippen MR) is 73.6 cm³/mol. The molecule has 2 rings (SSSR count). The quantitative estimate of drug-likeness (QED) is 0.813. The maximum Gasteiger partial charge on any atom is 0.0613 e. The van der Waals surface area contributed by atoms with Gasteiger partial charge in [0, 0.05) is 24.8 Å². The second-order valence-electron chi connectivity index (χ2n) is 7.32. The van der Waals surface area contributed by atoms with Crippen LogP contribution in [0.4, 0.5) is 0 Å². The van der Waals surface area contributed by atoms with Crippen molar-refractivity contribution in [1.82, 2.24) is 5.32 Å². The van der Waals surface area contributed by atoms with E-state index < -0.39 is 0 Å². The maximum atomic E-state index is 9.93. The summed E-state index contributed by atoms with van der Waals surface area (Å²) in [6.07, 6.45) is 5.61. The van der Waals surface area contributed by atoms with E-state index in [0.717, 1.165) is 38.9 Å². The molecule has 0 aromatic heterocycles. The van der Waals surface area contributed by atoms with E-state index in [4.69, 9.17) is 4.74 Å². The fourth-order valence-corrected chi connectivity index (χ4v) is 4.29. The van der Waals surface area contributed by atoms with Gasteiger partial charge in [-0.3, -0.25) is 0 Å². The molecule has 3 heteroatoms. The highest BCUT2D eigenvalue weighted by molar-refractivity contribution is 5.00. The van der Waals surface area contributed by atoms with Gasteiger partial charge in [-0.1, -0.05) is 20.8 Å². The molecule has 2 aliphatic rings.